The highest BCUT2D eigenvalue weighted by atomic mass is 32.2. The van der Waals surface area contributed by atoms with Gasteiger partial charge in [-0.05, 0) is 25.5 Å². The van der Waals surface area contributed by atoms with Crippen LogP contribution in [-0.4, -0.2) is 63.8 Å². The standard InChI is InChI=1S/C17H23N5O4S/c1-13-18-15(12-20(13)3)27(25,26)22-9-5-8-21(10-11-22)17(24)14-6-4-7-19(2)16(14)23/h4,6-7,12H,5,8-11H2,1-3H3. The molecule has 3 rings (SSSR count). The molecule has 10 heteroatoms. The van der Waals surface area contributed by atoms with Crippen LogP contribution in [0.3, 0.4) is 0 Å². The molecule has 9 nitrogen and oxygen atoms in total. The summed E-state index contributed by atoms with van der Waals surface area (Å²) in [7, 11) is -0.389. The van der Waals surface area contributed by atoms with Gasteiger partial charge in [-0.2, -0.15) is 4.31 Å². The number of carbonyl (C=O) groups excluding carboxylic acids is 1. The predicted molar refractivity (Wildman–Crippen MR) is 98.9 cm³/mol. The molecule has 1 aliphatic heterocycles. The van der Waals surface area contributed by atoms with Crippen molar-refractivity contribution in [2.75, 3.05) is 26.2 Å². The normalized spacial score (nSPS) is 16.3. The molecule has 1 saturated heterocycles. The largest absolute Gasteiger partial charge is 0.337 e. The first-order chi connectivity index (χ1) is 12.7. The summed E-state index contributed by atoms with van der Waals surface area (Å²) in [6, 6.07) is 3.15. The number of hydrogen-bond acceptors (Lipinski definition) is 5. The fourth-order valence-electron chi connectivity index (χ4n) is 3.05. The van der Waals surface area contributed by atoms with E-state index < -0.39 is 10.0 Å². The maximum atomic E-state index is 12.8. The molecule has 0 aliphatic carbocycles. The Morgan fingerprint density at radius 3 is 2.52 bits per heavy atom. The summed E-state index contributed by atoms with van der Waals surface area (Å²) < 4.78 is 30.1. The first-order valence-electron chi connectivity index (χ1n) is 8.67. The number of nitrogens with zero attached hydrogens (tertiary/aromatic N) is 5. The van der Waals surface area contributed by atoms with E-state index in [2.05, 4.69) is 4.98 Å². The molecule has 0 atom stereocenters. The molecule has 1 amide bonds. The highest BCUT2D eigenvalue weighted by Gasteiger charge is 2.31. The summed E-state index contributed by atoms with van der Waals surface area (Å²) in [6.45, 7) is 2.82. The fraction of sp³-hybridized carbons (Fsp3) is 0.471. The molecular weight excluding hydrogens is 370 g/mol. The van der Waals surface area contributed by atoms with Gasteiger partial charge < -0.3 is 14.0 Å². The van der Waals surface area contributed by atoms with Crippen LogP contribution in [0, 0.1) is 6.92 Å². The summed E-state index contributed by atoms with van der Waals surface area (Å²) in [5.74, 6) is 0.240. The molecule has 1 fully saturated rings. The molecule has 0 spiro atoms. The van der Waals surface area contributed by atoms with E-state index in [9.17, 15) is 18.0 Å². The van der Waals surface area contributed by atoms with Gasteiger partial charge in [0.25, 0.3) is 21.5 Å². The van der Waals surface area contributed by atoms with Gasteiger partial charge in [0.15, 0.2) is 5.03 Å². The lowest BCUT2D eigenvalue weighted by atomic mass is 10.2. The minimum absolute atomic E-state index is 0.0132. The Bertz CT molecular complexity index is 1000. The van der Waals surface area contributed by atoms with Crippen LogP contribution >= 0.6 is 0 Å². The van der Waals surface area contributed by atoms with E-state index in [1.807, 2.05) is 0 Å². The number of imidazole rings is 1. The molecule has 0 bridgehead atoms. The van der Waals surface area contributed by atoms with E-state index >= 15 is 0 Å². The van der Waals surface area contributed by atoms with Gasteiger partial charge in [0, 0.05) is 52.7 Å². The average molecular weight is 393 g/mol. The number of aromatic nitrogens is 3. The SMILES string of the molecule is Cc1nc(S(=O)(=O)N2CCCN(C(=O)c3cccn(C)c3=O)CC2)cn1C. The van der Waals surface area contributed by atoms with Crippen molar-refractivity contribution in [3.05, 3.63) is 46.3 Å². The lowest BCUT2D eigenvalue weighted by Gasteiger charge is -2.21. The Labute approximate surface area is 157 Å². The van der Waals surface area contributed by atoms with Gasteiger partial charge >= 0.3 is 0 Å². The first-order valence-corrected chi connectivity index (χ1v) is 10.1. The van der Waals surface area contributed by atoms with Crippen molar-refractivity contribution in [3.63, 3.8) is 0 Å². The average Bonchev–Trinajstić information content (AvgIpc) is 2.84. The lowest BCUT2D eigenvalue weighted by molar-refractivity contribution is 0.0762. The predicted octanol–water partition coefficient (Wildman–Crippen LogP) is -0.0360. The third-order valence-electron chi connectivity index (χ3n) is 4.79. The van der Waals surface area contributed by atoms with Crippen LogP contribution in [-0.2, 0) is 24.1 Å². The maximum Gasteiger partial charge on any atom is 0.263 e. The van der Waals surface area contributed by atoms with Gasteiger partial charge in [0.2, 0.25) is 0 Å². The van der Waals surface area contributed by atoms with Crippen LogP contribution in [0.25, 0.3) is 0 Å². The van der Waals surface area contributed by atoms with Crippen LogP contribution in [0.4, 0.5) is 0 Å². The van der Waals surface area contributed by atoms with Gasteiger partial charge in [0.1, 0.15) is 11.4 Å². The Morgan fingerprint density at radius 1 is 1.11 bits per heavy atom. The summed E-state index contributed by atoms with van der Waals surface area (Å²) in [4.78, 5) is 30.6. The third kappa shape index (κ3) is 3.67. The third-order valence-corrected chi connectivity index (χ3v) is 6.56. The minimum Gasteiger partial charge on any atom is -0.337 e. The summed E-state index contributed by atoms with van der Waals surface area (Å²) >= 11 is 0. The van der Waals surface area contributed by atoms with Crippen molar-refractivity contribution in [1.29, 1.82) is 0 Å². The minimum atomic E-state index is -3.72. The van der Waals surface area contributed by atoms with E-state index in [0.717, 1.165) is 0 Å². The Kier molecular flexibility index (Phi) is 5.20. The Hall–Kier alpha value is -2.46. The second kappa shape index (κ2) is 7.28. The van der Waals surface area contributed by atoms with E-state index in [4.69, 9.17) is 0 Å². The van der Waals surface area contributed by atoms with Crippen LogP contribution < -0.4 is 5.56 Å². The number of rotatable bonds is 3. The number of hydrogen-bond donors (Lipinski definition) is 0. The number of sulfonamides is 1. The van der Waals surface area contributed by atoms with E-state index in [1.165, 1.54) is 26.0 Å². The van der Waals surface area contributed by atoms with Crippen molar-refractivity contribution >= 4 is 15.9 Å². The topological polar surface area (TPSA) is 97.5 Å². The summed E-state index contributed by atoms with van der Waals surface area (Å²) in [5, 5.41) is 0.0132. The van der Waals surface area contributed by atoms with E-state index in [1.54, 1.807) is 37.8 Å². The fourth-order valence-corrected chi connectivity index (χ4v) is 4.55. The molecule has 3 heterocycles. The first kappa shape index (κ1) is 19.3. The number of amides is 1. The molecule has 2 aromatic rings. The van der Waals surface area contributed by atoms with Crippen molar-refractivity contribution < 1.29 is 13.2 Å². The molecule has 1 aliphatic rings. The monoisotopic (exact) mass is 393 g/mol. The lowest BCUT2D eigenvalue weighted by Crippen LogP contribution is -2.39. The molecule has 0 radical (unpaired) electrons. The highest BCUT2D eigenvalue weighted by Crippen LogP contribution is 2.17. The van der Waals surface area contributed by atoms with Gasteiger partial charge in [-0.25, -0.2) is 13.4 Å². The number of aryl methyl sites for hydroxylation is 3. The quantitative estimate of drug-likeness (QED) is 0.729. The van der Waals surface area contributed by atoms with Crippen molar-refractivity contribution in [1.82, 2.24) is 23.3 Å². The molecule has 146 valence electrons. The van der Waals surface area contributed by atoms with Crippen LogP contribution in [0.5, 0.6) is 0 Å². The molecule has 2 aromatic heterocycles. The van der Waals surface area contributed by atoms with Gasteiger partial charge in [0.05, 0.1) is 0 Å². The number of carbonyl (C=O) groups is 1. The zero-order chi connectivity index (χ0) is 19.8. The van der Waals surface area contributed by atoms with E-state index in [0.29, 0.717) is 25.3 Å². The van der Waals surface area contributed by atoms with Crippen LogP contribution in [0.15, 0.2) is 34.3 Å². The molecule has 0 saturated carbocycles. The van der Waals surface area contributed by atoms with E-state index in [-0.39, 0.29) is 35.1 Å². The van der Waals surface area contributed by atoms with Crippen LogP contribution in [0.2, 0.25) is 0 Å². The maximum absolute atomic E-state index is 12.8. The molecular formula is C17H23N5O4S. The second-order valence-corrected chi connectivity index (χ2v) is 8.51. The Balaban J connectivity index is 1.78. The van der Waals surface area contributed by atoms with Gasteiger partial charge in [-0.1, -0.05) is 0 Å². The Morgan fingerprint density at radius 2 is 1.85 bits per heavy atom. The molecule has 0 N–H and O–H groups in total. The zero-order valence-corrected chi connectivity index (χ0v) is 16.4. The van der Waals surface area contributed by atoms with Crippen molar-refractivity contribution in [2.24, 2.45) is 14.1 Å². The zero-order valence-electron chi connectivity index (χ0n) is 15.6. The van der Waals surface area contributed by atoms with Gasteiger partial charge in [-0.15, -0.1) is 0 Å². The molecule has 0 unspecified atom stereocenters. The van der Waals surface area contributed by atoms with Crippen LogP contribution in [0.1, 0.15) is 22.6 Å². The number of pyridine rings is 1. The smallest absolute Gasteiger partial charge is 0.263 e. The van der Waals surface area contributed by atoms with Crippen molar-refractivity contribution in [3.8, 4) is 0 Å². The molecule has 27 heavy (non-hydrogen) atoms. The summed E-state index contributed by atoms with van der Waals surface area (Å²) in [5.41, 5.74) is -0.267. The second-order valence-electron chi connectivity index (χ2n) is 6.63. The van der Waals surface area contributed by atoms with Gasteiger partial charge in [-0.3, -0.25) is 9.59 Å². The highest BCUT2D eigenvalue weighted by molar-refractivity contribution is 7.89. The van der Waals surface area contributed by atoms with Crippen molar-refractivity contribution in [2.45, 2.75) is 18.4 Å². The molecule has 0 aromatic carbocycles. The summed E-state index contributed by atoms with van der Waals surface area (Å²) in [6.07, 6.45) is 3.57.